The van der Waals surface area contributed by atoms with Crippen LogP contribution in [0.1, 0.15) is 96.5 Å². The monoisotopic (exact) mass is 383 g/mol. The molecule has 0 unspecified atom stereocenters. The molecule has 0 amide bonds. The number of halogens is 1. The molecule has 0 N–H and O–H groups in total. The minimum absolute atomic E-state index is 0. The Hall–Kier alpha value is -0.370. The highest BCUT2D eigenvalue weighted by molar-refractivity contribution is 5.06. The van der Waals surface area contributed by atoms with Crippen LogP contribution in [0.25, 0.3) is 0 Å². The van der Waals surface area contributed by atoms with Crippen LogP contribution in [0, 0.1) is 0 Å². The highest BCUT2D eigenvalue weighted by atomic mass is 79.9. The number of unbranched alkanes of at least 4 members (excludes halogenated alkanes) is 11. The molecular weight excluding hydrogens is 346 g/mol. The number of aromatic nitrogens is 1. The Bertz CT molecular complexity index is 347. The van der Waals surface area contributed by atoms with Crippen LogP contribution in [0.5, 0.6) is 0 Å². The first-order valence-corrected chi connectivity index (χ1v) is 9.84. The summed E-state index contributed by atoms with van der Waals surface area (Å²) in [6.45, 7) is 5.69. The molecule has 1 heterocycles. The quantitative estimate of drug-likeness (QED) is 0.343. The Morgan fingerprint density at radius 3 is 1.52 bits per heavy atom. The Morgan fingerprint density at radius 1 is 0.652 bits per heavy atom. The molecule has 1 aromatic rings. The van der Waals surface area contributed by atoms with Gasteiger partial charge in [-0.2, -0.15) is 0 Å². The lowest BCUT2D eigenvalue weighted by Crippen LogP contribution is -3.00. The summed E-state index contributed by atoms with van der Waals surface area (Å²) in [5, 5.41) is 0. The van der Waals surface area contributed by atoms with Gasteiger partial charge >= 0.3 is 0 Å². The van der Waals surface area contributed by atoms with E-state index in [1.165, 1.54) is 89.2 Å². The van der Waals surface area contributed by atoms with Crippen LogP contribution in [0.4, 0.5) is 0 Å². The fourth-order valence-corrected chi connectivity index (χ4v) is 3.01. The summed E-state index contributed by atoms with van der Waals surface area (Å²) >= 11 is 0. The van der Waals surface area contributed by atoms with Gasteiger partial charge in [0.05, 0.1) is 0 Å². The lowest BCUT2D eigenvalue weighted by Gasteiger charge is -2.02. The van der Waals surface area contributed by atoms with Crippen molar-refractivity contribution in [2.24, 2.45) is 0 Å². The largest absolute Gasteiger partial charge is 1.00 e. The van der Waals surface area contributed by atoms with Gasteiger partial charge < -0.3 is 17.0 Å². The molecule has 0 aliphatic heterocycles. The fraction of sp³-hybridized carbons (Fsp3) is 0.762. The topological polar surface area (TPSA) is 3.88 Å². The van der Waals surface area contributed by atoms with Crippen LogP contribution >= 0.6 is 0 Å². The van der Waals surface area contributed by atoms with Crippen molar-refractivity contribution in [1.82, 2.24) is 0 Å². The van der Waals surface area contributed by atoms with E-state index < -0.39 is 0 Å². The van der Waals surface area contributed by atoms with E-state index in [1.54, 1.807) is 0 Å². The number of pyridine rings is 1. The molecule has 1 rings (SSSR count). The summed E-state index contributed by atoms with van der Waals surface area (Å²) in [6.07, 6.45) is 22.7. The first kappa shape index (κ1) is 22.6. The zero-order valence-electron chi connectivity index (χ0n) is 15.5. The van der Waals surface area contributed by atoms with E-state index in [0.29, 0.717) is 0 Å². The lowest BCUT2D eigenvalue weighted by atomic mass is 10.1. The Labute approximate surface area is 155 Å². The van der Waals surface area contributed by atoms with Crippen LogP contribution in [0.15, 0.2) is 24.5 Å². The van der Waals surface area contributed by atoms with Gasteiger partial charge in [0.1, 0.15) is 6.54 Å². The molecule has 0 spiro atoms. The Kier molecular flexibility index (Phi) is 16.2. The summed E-state index contributed by atoms with van der Waals surface area (Å²) < 4.78 is 2.33. The van der Waals surface area contributed by atoms with Crippen molar-refractivity contribution in [3.63, 3.8) is 0 Å². The van der Waals surface area contributed by atoms with Crippen molar-refractivity contribution in [3.05, 3.63) is 30.1 Å². The minimum atomic E-state index is 0. The van der Waals surface area contributed by atoms with Gasteiger partial charge in [-0.1, -0.05) is 78.1 Å². The van der Waals surface area contributed by atoms with Crippen LogP contribution in [0.2, 0.25) is 0 Å². The third kappa shape index (κ3) is 12.7. The third-order valence-electron chi connectivity index (χ3n) is 4.64. The van der Waals surface area contributed by atoms with Gasteiger partial charge in [-0.15, -0.1) is 0 Å². The van der Waals surface area contributed by atoms with E-state index in [4.69, 9.17) is 0 Å². The predicted octanol–water partition coefficient (Wildman–Crippen LogP) is 3.24. The second-order valence-corrected chi connectivity index (χ2v) is 6.69. The molecule has 0 aromatic carbocycles. The van der Waals surface area contributed by atoms with Gasteiger partial charge in [-0.3, -0.25) is 0 Å². The number of rotatable bonds is 14. The zero-order valence-corrected chi connectivity index (χ0v) is 17.1. The van der Waals surface area contributed by atoms with Gasteiger partial charge in [-0.25, -0.2) is 4.57 Å². The molecule has 0 bridgehead atoms. The normalized spacial score (nSPS) is 10.5. The second kappa shape index (κ2) is 16.5. The molecule has 0 aliphatic carbocycles. The summed E-state index contributed by atoms with van der Waals surface area (Å²) in [5.41, 5.74) is 1.44. The second-order valence-electron chi connectivity index (χ2n) is 6.69. The third-order valence-corrected chi connectivity index (χ3v) is 4.64. The van der Waals surface area contributed by atoms with E-state index in [2.05, 4.69) is 42.9 Å². The molecule has 1 nitrogen and oxygen atoms in total. The summed E-state index contributed by atoms with van der Waals surface area (Å²) in [5.74, 6) is 0. The van der Waals surface area contributed by atoms with Crippen LogP contribution < -0.4 is 21.5 Å². The number of nitrogens with zero attached hydrogens (tertiary/aromatic N) is 1. The van der Waals surface area contributed by atoms with Gasteiger partial charge in [0.2, 0.25) is 0 Å². The van der Waals surface area contributed by atoms with Crippen molar-refractivity contribution in [3.8, 4) is 0 Å². The highest BCUT2D eigenvalue weighted by Gasteiger charge is 2.00. The summed E-state index contributed by atoms with van der Waals surface area (Å²) in [4.78, 5) is 0. The molecule has 23 heavy (non-hydrogen) atoms. The van der Waals surface area contributed by atoms with E-state index in [0.717, 1.165) is 6.42 Å². The average Bonchev–Trinajstić information content (AvgIpc) is 2.56. The van der Waals surface area contributed by atoms with E-state index >= 15 is 0 Å². The van der Waals surface area contributed by atoms with Crippen molar-refractivity contribution in [1.29, 1.82) is 0 Å². The van der Waals surface area contributed by atoms with E-state index in [1.807, 2.05) is 0 Å². The van der Waals surface area contributed by atoms with Gasteiger partial charge in [0, 0.05) is 18.6 Å². The number of hydrogen-bond acceptors (Lipinski definition) is 0. The zero-order chi connectivity index (χ0) is 15.9. The van der Waals surface area contributed by atoms with Gasteiger partial charge in [0.25, 0.3) is 0 Å². The van der Waals surface area contributed by atoms with Gasteiger partial charge in [0.15, 0.2) is 12.4 Å². The predicted molar refractivity (Wildman–Crippen MR) is 97.1 cm³/mol. The maximum absolute atomic E-state index is 2.33. The molecule has 0 saturated heterocycles. The van der Waals surface area contributed by atoms with Crippen molar-refractivity contribution >= 4 is 0 Å². The van der Waals surface area contributed by atoms with E-state index in [-0.39, 0.29) is 17.0 Å². The van der Waals surface area contributed by atoms with Crippen molar-refractivity contribution < 1.29 is 21.5 Å². The smallest absolute Gasteiger partial charge is 0.169 e. The fourth-order valence-electron chi connectivity index (χ4n) is 3.01. The number of aryl methyl sites for hydroxylation is 2. The average molecular weight is 384 g/mol. The van der Waals surface area contributed by atoms with Crippen molar-refractivity contribution in [2.75, 3.05) is 0 Å². The van der Waals surface area contributed by atoms with Crippen LogP contribution in [-0.2, 0) is 13.0 Å². The standard InChI is InChI=1S/C21H38N.BrH/c1-3-5-6-7-8-9-10-11-12-13-14-15-18-22-19-16-21(4-2)17-20-22;/h16-17,19-20H,3-15,18H2,1-2H3;1H/q+1;/p-1. The summed E-state index contributed by atoms with van der Waals surface area (Å²) in [6, 6.07) is 4.50. The van der Waals surface area contributed by atoms with E-state index in [9.17, 15) is 0 Å². The molecular formula is C21H38BrN. The molecule has 0 atom stereocenters. The first-order chi connectivity index (χ1) is 10.9. The molecule has 0 radical (unpaired) electrons. The van der Waals surface area contributed by atoms with Crippen LogP contribution in [0.3, 0.4) is 0 Å². The molecule has 0 saturated carbocycles. The van der Waals surface area contributed by atoms with Crippen molar-refractivity contribution in [2.45, 2.75) is 104 Å². The minimum Gasteiger partial charge on any atom is -1.00 e. The first-order valence-electron chi connectivity index (χ1n) is 9.84. The Morgan fingerprint density at radius 2 is 1.09 bits per heavy atom. The Balaban J connectivity index is 0.00000484. The maximum Gasteiger partial charge on any atom is 0.169 e. The number of hydrogen-bond donors (Lipinski definition) is 0. The van der Waals surface area contributed by atoms with Gasteiger partial charge in [-0.05, 0) is 18.4 Å². The molecule has 134 valence electrons. The SMILES string of the molecule is CCCCCCCCCCCCCC[n+]1ccc(CC)cc1.[Br-]. The highest BCUT2D eigenvalue weighted by Crippen LogP contribution is 2.11. The summed E-state index contributed by atoms with van der Waals surface area (Å²) in [7, 11) is 0. The molecule has 0 fully saturated rings. The molecule has 1 aromatic heterocycles. The lowest BCUT2D eigenvalue weighted by molar-refractivity contribution is -0.697. The maximum atomic E-state index is 2.33. The molecule has 0 aliphatic rings. The van der Waals surface area contributed by atoms with Crippen LogP contribution in [-0.4, -0.2) is 0 Å². The molecule has 2 heteroatoms.